The fraction of sp³-hybridized carbons (Fsp3) is 0.647. The zero-order valence-electron chi connectivity index (χ0n) is 13.4. The molecule has 0 spiro atoms. The molecule has 0 fully saturated rings. The number of rotatable bonds is 4. The summed E-state index contributed by atoms with van der Waals surface area (Å²) >= 11 is 0. The van der Waals surface area contributed by atoms with E-state index in [0.29, 0.717) is 0 Å². The Balaban J connectivity index is 3.41. The van der Waals surface area contributed by atoms with Crippen molar-refractivity contribution in [2.45, 2.75) is 60.3 Å². The quantitative estimate of drug-likeness (QED) is 0.844. The Morgan fingerprint density at radius 3 is 1.56 bits per heavy atom. The van der Waals surface area contributed by atoms with E-state index in [9.17, 15) is 0 Å². The van der Waals surface area contributed by atoms with Crippen molar-refractivity contribution >= 4 is 0 Å². The molecular weight excluding hydrogens is 218 g/mol. The minimum absolute atomic E-state index is 0.237. The van der Waals surface area contributed by atoms with Gasteiger partial charge in [0.05, 0.1) is 0 Å². The van der Waals surface area contributed by atoms with Crippen LogP contribution in [0.15, 0.2) is 0 Å². The molecule has 0 heterocycles. The lowest BCUT2D eigenvalue weighted by Gasteiger charge is -2.32. The molecule has 0 amide bonds. The van der Waals surface area contributed by atoms with Crippen molar-refractivity contribution in [3.63, 3.8) is 0 Å². The summed E-state index contributed by atoms with van der Waals surface area (Å²) in [6, 6.07) is 0. The molecule has 18 heavy (non-hydrogen) atoms. The number of hydrogen-bond donors (Lipinski definition) is 1. The van der Waals surface area contributed by atoms with E-state index in [1.807, 2.05) is 7.05 Å². The van der Waals surface area contributed by atoms with Crippen LogP contribution in [0.5, 0.6) is 0 Å². The van der Waals surface area contributed by atoms with Crippen LogP contribution in [0, 0.1) is 34.6 Å². The molecule has 0 saturated heterocycles. The topological polar surface area (TPSA) is 12.0 Å². The van der Waals surface area contributed by atoms with Crippen molar-refractivity contribution < 1.29 is 0 Å². The summed E-state index contributed by atoms with van der Waals surface area (Å²) in [5, 5.41) is 3.27. The van der Waals surface area contributed by atoms with E-state index in [1.54, 1.807) is 5.56 Å². The predicted molar refractivity (Wildman–Crippen MR) is 81.7 cm³/mol. The van der Waals surface area contributed by atoms with Gasteiger partial charge in [-0.3, -0.25) is 0 Å². The Bertz CT molecular complexity index is 412. The van der Waals surface area contributed by atoms with Crippen LogP contribution in [0.4, 0.5) is 0 Å². The smallest absolute Gasteiger partial charge is 0.00436 e. The molecule has 1 rings (SSSR count). The average Bonchev–Trinajstić information content (AvgIpc) is 2.31. The largest absolute Gasteiger partial charge is 0.320 e. The first-order valence-corrected chi connectivity index (χ1v) is 6.96. The minimum Gasteiger partial charge on any atom is -0.320 e. The molecule has 0 bridgehead atoms. The van der Waals surface area contributed by atoms with Gasteiger partial charge in [-0.15, -0.1) is 0 Å². The molecule has 0 unspecified atom stereocenters. The molecule has 1 aromatic carbocycles. The first kappa shape index (κ1) is 15.2. The third kappa shape index (κ3) is 2.61. The summed E-state index contributed by atoms with van der Waals surface area (Å²) in [6.07, 6.45) is 1.17. The Morgan fingerprint density at radius 2 is 1.17 bits per heavy atom. The third-order valence-electron chi connectivity index (χ3n) is 4.68. The van der Waals surface area contributed by atoms with Crippen molar-refractivity contribution in [1.82, 2.24) is 5.32 Å². The molecule has 0 atom stereocenters. The fourth-order valence-corrected chi connectivity index (χ4v) is 3.08. The van der Waals surface area contributed by atoms with Gasteiger partial charge in [0.1, 0.15) is 0 Å². The first-order valence-electron chi connectivity index (χ1n) is 6.96. The van der Waals surface area contributed by atoms with E-state index in [0.717, 1.165) is 6.54 Å². The summed E-state index contributed by atoms with van der Waals surface area (Å²) in [7, 11) is 2.03. The molecule has 102 valence electrons. The maximum atomic E-state index is 3.27. The van der Waals surface area contributed by atoms with Gasteiger partial charge in [0.15, 0.2) is 0 Å². The Hall–Kier alpha value is -0.820. The van der Waals surface area contributed by atoms with E-state index in [2.05, 4.69) is 53.8 Å². The standard InChI is InChI=1S/C17H29N/c1-11-12(2)14(4)16(15(5)13(11)3)17(6,7)9-10-18-8/h18H,9-10H2,1-8H3. The molecule has 1 aromatic rings. The SMILES string of the molecule is CNCCC(C)(C)c1c(C)c(C)c(C)c(C)c1C. The molecule has 0 aromatic heterocycles. The predicted octanol–water partition coefficient (Wildman–Crippen LogP) is 4.12. The van der Waals surface area contributed by atoms with Gasteiger partial charge in [0.25, 0.3) is 0 Å². The van der Waals surface area contributed by atoms with Crippen molar-refractivity contribution in [2.75, 3.05) is 13.6 Å². The zero-order valence-corrected chi connectivity index (χ0v) is 13.4. The van der Waals surface area contributed by atoms with E-state index in [4.69, 9.17) is 0 Å². The highest BCUT2D eigenvalue weighted by Gasteiger charge is 2.26. The van der Waals surface area contributed by atoms with Crippen LogP contribution in [0.25, 0.3) is 0 Å². The maximum absolute atomic E-state index is 3.27. The van der Waals surface area contributed by atoms with Gasteiger partial charge in [-0.05, 0) is 93.4 Å². The van der Waals surface area contributed by atoms with Gasteiger partial charge in [-0.2, -0.15) is 0 Å². The van der Waals surface area contributed by atoms with E-state index in [-0.39, 0.29) is 5.41 Å². The van der Waals surface area contributed by atoms with E-state index in [1.165, 1.54) is 34.2 Å². The summed E-state index contributed by atoms with van der Waals surface area (Å²) in [5.41, 5.74) is 9.14. The minimum atomic E-state index is 0.237. The molecule has 0 aliphatic heterocycles. The van der Waals surface area contributed by atoms with Crippen molar-refractivity contribution in [3.8, 4) is 0 Å². The van der Waals surface area contributed by atoms with Crippen molar-refractivity contribution in [1.29, 1.82) is 0 Å². The molecule has 1 N–H and O–H groups in total. The molecule has 0 aliphatic rings. The second-order valence-corrected chi connectivity index (χ2v) is 6.24. The van der Waals surface area contributed by atoms with Crippen LogP contribution in [0.1, 0.15) is 53.6 Å². The number of benzene rings is 1. The summed E-state index contributed by atoms with van der Waals surface area (Å²) in [4.78, 5) is 0. The van der Waals surface area contributed by atoms with Gasteiger partial charge >= 0.3 is 0 Å². The Labute approximate surface area is 113 Å². The van der Waals surface area contributed by atoms with E-state index < -0.39 is 0 Å². The lowest BCUT2D eigenvalue weighted by molar-refractivity contribution is 0.463. The molecular formula is C17H29N. The number of hydrogen-bond acceptors (Lipinski definition) is 1. The van der Waals surface area contributed by atoms with Crippen molar-refractivity contribution in [3.05, 3.63) is 33.4 Å². The Kier molecular flexibility index (Phi) is 4.61. The summed E-state index contributed by atoms with van der Waals surface area (Å²) in [5.74, 6) is 0. The zero-order chi connectivity index (χ0) is 14.1. The highest BCUT2D eigenvalue weighted by atomic mass is 14.8. The molecule has 0 saturated carbocycles. The molecule has 0 aliphatic carbocycles. The lowest BCUT2D eigenvalue weighted by atomic mass is 9.74. The van der Waals surface area contributed by atoms with Crippen molar-refractivity contribution in [2.24, 2.45) is 0 Å². The summed E-state index contributed by atoms with van der Waals surface area (Å²) in [6.45, 7) is 17.1. The Morgan fingerprint density at radius 1 is 0.778 bits per heavy atom. The average molecular weight is 247 g/mol. The third-order valence-corrected chi connectivity index (χ3v) is 4.68. The van der Waals surface area contributed by atoms with Gasteiger partial charge in [0.2, 0.25) is 0 Å². The van der Waals surface area contributed by atoms with Crippen LogP contribution in [-0.2, 0) is 5.41 Å². The van der Waals surface area contributed by atoms with Gasteiger partial charge in [-0.1, -0.05) is 13.8 Å². The first-order chi connectivity index (χ1) is 8.24. The fourth-order valence-electron chi connectivity index (χ4n) is 3.08. The van der Waals surface area contributed by atoms with Crippen LogP contribution < -0.4 is 5.32 Å². The monoisotopic (exact) mass is 247 g/mol. The highest BCUT2D eigenvalue weighted by molar-refractivity contribution is 5.52. The molecule has 1 heteroatoms. The normalized spacial score (nSPS) is 12.0. The van der Waals surface area contributed by atoms with Crippen LogP contribution in [0.3, 0.4) is 0 Å². The second kappa shape index (κ2) is 5.44. The van der Waals surface area contributed by atoms with Gasteiger partial charge in [0, 0.05) is 0 Å². The van der Waals surface area contributed by atoms with Crippen LogP contribution in [0.2, 0.25) is 0 Å². The summed E-state index contributed by atoms with van der Waals surface area (Å²) < 4.78 is 0. The lowest BCUT2D eigenvalue weighted by Crippen LogP contribution is -2.26. The highest BCUT2D eigenvalue weighted by Crippen LogP contribution is 2.36. The molecule has 1 nitrogen and oxygen atoms in total. The van der Waals surface area contributed by atoms with Crippen LogP contribution in [-0.4, -0.2) is 13.6 Å². The second-order valence-electron chi connectivity index (χ2n) is 6.24. The van der Waals surface area contributed by atoms with Gasteiger partial charge in [-0.25, -0.2) is 0 Å². The van der Waals surface area contributed by atoms with Gasteiger partial charge < -0.3 is 5.32 Å². The maximum Gasteiger partial charge on any atom is -0.00436 e. The van der Waals surface area contributed by atoms with Crippen LogP contribution >= 0.6 is 0 Å². The van der Waals surface area contributed by atoms with E-state index >= 15 is 0 Å². The number of nitrogens with one attached hydrogen (secondary N) is 1. The molecule has 0 radical (unpaired) electrons.